The van der Waals surface area contributed by atoms with Crippen LogP contribution in [0, 0.1) is 6.92 Å². The van der Waals surface area contributed by atoms with Crippen molar-refractivity contribution in [3.63, 3.8) is 0 Å². The van der Waals surface area contributed by atoms with Crippen molar-refractivity contribution >= 4 is 40.0 Å². The van der Waals surface area contributed by atoms with Gasteiger partial charge in [0.1, 0.15) is 0 Å². The minimum Gasteiger partial charge on any atom is -0.356 e. The summed E-state index contributed by atoms with van der Waals surface area (Å²) >= 11 is 0. The highest BCUT2D eigenvalue weighted by molar-refractivity contribution is 14.0. The predicted molar refractivity (Wildman–Crippen MR) is 94.7 cm³/mol. The van der Waals surface area contributed by atoms with Crippen molar-refractivity contribution in [1.29, 1.82) is 0 Å². The molecule has 0 atom stereocenters. The lowest BCUT2D eigenvalue weighted by molar-refractivity contribution is 0.580. The summed E-state index contributed by atoms with van der Waals surface area (Å²) in [5, 5.41) is 6.18. The van der Waals surface area contributed by atoms with Gasteiger partial charge in [0, 0.05) is 26.2 Å². The van der Waals surface area contributed by atoms with Gasteiger partial charge in [-0.25, -0.2) is 13.1 Å². The van der Waals surface area contributed by atoms with Crippen molar-refractivity contribution < 1.29 is 8.42 Å². The molecule has 2 rings (SSSR count). The van der Waals surface area contributed by atoms with E-state index in [0.717, 1.165) is 31.0 Å². The minimum atomic E-state index is -3.43. The smallest absolute Gasteiger partial charge is 0.240 e. The number of sulfonamides is 1. The fourth-order valence-corrected chi connectivity index (χ4v) is 2.85. The summed E-state index contributed by atoms with van der Waals surface area (Å²) in [6.07, 6.45) is 1.03. The number of benzene rings is 1. The molecule has 0 fully saturated rings. The molecule has 0 amide bonds. The van der Waals surface area contributed by atoms with Crippen LogP contribution in [0.2, 0.25) is 0 Å². The lowest BCUT2D eigenvalue weighted by Gasteiger charge is -2.16. The number of guanidine groups is 1. The molecule has 0 radical (unpaired) electrons. The molecule has 8 heteroatoms. The normalized spacial score (nSPS) is 14.6. The molecule has 0 saturated heterocycles. The van der Waals surface area contributed by atoms with Crippen molar-refractivity contribution in [1.82, 2.24) is 15.4 Å². The van der Waals surface area contributed by atoms with E-state index in [1.807, 2.05) is 6.92 Å². The first-order valence-electron chi connectivity index (χ1n) is 6.66. The molecule has 0 aliphatic carbocycles. The number of hydrogen-bond donors (Lipinski definition) is 3. The Morgan fingerprint density at radius 1 is 1.24 bits per heavy atom. The molecular weight excluding hydrogens is 403 g/mol. The Kier molecular flexibility index (Phi) is 7.40. The van der Waals surface area contributed by atoms with E-state index >= 15 is 0 Å². The predicted octanol–water partition coefficient (Wildman–Crippen LogP) is 0.830. The molecule has 6 nitrogen and oxygen atoms in total. The van der Waals surface area contributed by atoms with E-state index in [1.54, 1.807) is 24.3 Å². The lowest BCUT2D eigenvalue weighted by Crippen LogP contribution is -2.43. The number of halogens is 1. The van der Waals surface area contributed by atoms with Gasteiger partial charge in [0.25, 0.3) is 0 Å². The van der Waals surface area contributed by atoms with Gasteiger partial charge < -0.3 is 10.6 Å². The van der Waals surface area contributed by atoms with Crippen LogP contribution in [0.3, 0.4) is 0 Å². The first-order valence-corrected chi connectivity index (χ1v) is 8.15. The lowest BCUT2D eigenvalue weighted by atomic mass is 10.2. The molecule has 0 bridgehead atoms. The fourth-order valence-electron chi connectivity index (χ4n) is 1.82. The van der Waals surface area contributed by atoms with Crippen LogP contribution in [-0.4, -0.2) is 40.6 Å². The van der Waals surface area contributed by atoms with Gasteiger partial charge in [-0.15, -0.1) is 24.0 Å². The maximum absolute atomic E-state index is 12.0. The van der Waals surface area contributed by atoms with Gasteiger partial charge in [-0.3, -0.25) is 4.99 Å². The summed E-state index contributed by atoms with van der Waals surface area (Å²) in [5.74, 6) is 0.741. The Balaban J connectivity index is 0.00000220. The molecule has 0 aromatic heterocycles. The van der Waals surface area contributed by atoms with Crippen LogP contribution in [0.4, 0.5) is 0 Å². The first-order chi connectivity index (χ1) is 9.58. The Labute approximate surface area is 142 Å². The third kappa shape index (κ3) is 5.79. The van der Waals surface area contributed by atoms with E-state index in [-0.39, 0.29) is 28.9 Å². The molecular formula is C13H21IN4O2S. The first kappa shape index (κ1) is 18.2. The van der Waals surface area contributed by atoms with Crippen molar-refractivity contribution in [3.05, 3.63) is 29.8 Å². The largest absolute Gasteiger partial charge is 0.356 e. The third-order valence-electron chi connectivity index (χ3n) is 2.94. The summed E-state index contributed by atoms with van der Waals surface area (Å²) in [6.45, 7) is 4.45. The number of hydrogen-bond acceptors (Lipinski definition) is 5. The highest BCUT2D eigenvalue weighted by Crippen LogP contribution is 2.09. The van der Waals surface area contributed by atoms with Gasteiger partial charge in [0.15, 0.2) is 5.96 Å². The topological polar surface area (TPSA) is 82.6 Å². The molecule has 3 N–H and O–H groups in total. The molecule has 118 valence electrons. The van der Waals surface area contributed by atoms with E-state index in [2.05, 4.69) is 20.3 Å². The minimum absolute atomic E-state index is 0. The zero-order chi connectivity index (χ0) is 14.4. The average molecular weight is 424 g/mol. The van der Waals surface area contributed by atoms with Crippen LogP contribution in [0.15, 0.2) is 34.2 Å². The summed E-state index contributed by atoms with van der Waals surface area (Å²) in [5.41, 5.74) is 1.03. The van der Waals surface area contributed by atoms with Gasteiger partial charge in [-0.1, -0.05) is 17.7 Å². The van der Waals surface area contributed by atoms with Gasteiger partial charge in [-0.05, 0) is 25.5 Å². The molecule has 0 saturated carbocycles. The third-order valence-corrected chi connectivity index (χ3v) is 4.41. The van der Waals surface area contributed by atoms with E-state index in [9.17, 15) is 8.42 Å². The molecule has 1 aromatic rings. The second-order valence-electron chi connectivity index (χ2n) is 4.65. The van der Waals surface area contributed by atoms with E-state index in [4.69, 9.17) is 0 Å². The van der Waals surface area contributed by atoms with Crippen molar-refractivity contribution in [2.24, 2.45) is 4.99 Å². The zero-order valence-electron chi connectivity index (χ0n) is 11.9. The zero-order valence-corrected chi connectivity index (χ0v) is 15.1. The van der Waals surface area contributed by atoms with Crippen molar-refractivity contribution in [2.75, 3.05) is 26.2 Å². The number of rotatable bonds is 5. The molecule has 21 heavy (non-hydrogen) atoms. The Morgan fingerprint density at radius 3 is 2.57 bits per heavy atom. The van der Waals surface area contributed by atoms with Gasteiger partial charge in [0.2, 0.25) is 10.0 Å². The molecule has 1 aromatic carbocycles. The summed E-state index contributed by atoms with van der Waals surface area (Å²) in [7, 11) is -3.43. The van der Waals surface area contributed by atoms with Crippen molar-refractivity contribution in [2.45, 2.75) is 18.2 Å². The number of aliphatic imine (C=N–C) groups is 1. The molecule has 1 aliphatic heterocycles. The monoisotopic (exact) mass is 424 g/mol. The quantitative estimate of drug-likeness (QED) is 0.483. The van der Waals surface area contributed by atoms with Gasteiger partial charge in [-0.2, -0.15) is 0 Å². The SMILES string of the molecule is Cc1ccc(S(=O)(=O)NCCNC2=NCCCN2)cc1.I. The van der Waals surface area contributed by atoms with Gasteiger partial charge in [0.05, 0.1) is 4.90 Å². The second-order valence-corrected chi connectivity index (χ2v) is 6.42. The van der Waals surface area contributed by atoms with Crippen LogP contribution >= 0.6 is 24.0 Å². The molecule has 0 spiro atoms. The van der Waals surface area contributed by atoms with E-state index < -0.39 is 10.0 Å². The van der Waals surface area contributed by atoms with E-state index in [0.29, 0.717) is 13.1 Å². The molecule has 1 aliphatic rings. The Bertz CT molecular complexity index is 572. The van der Waals surface area contributed by atoms with Crippen LogP contribution in [0.5, 0.6) is 0 Å². The highest BCUT2D eigenvalue weighted by atomic mass is 127. The molecule has 1 heterocycles. The summed E-state index contributed by atoms with van der Waals surface area (Å²) < 4.78 is 26.6. The Hall–Kier alpha value is -0.870. The Morgan fingerprint density at radius 2 is 1.95 bits per heavy atom. The maximum Gasteiger partial charge on any atom is 0.240 e. The van der Waals surface area contributed by atoms with Crippen LogP contribution < -0.4 is 15.4 Å². The fraction of sp³-hybridized carbons (Fsp3) is 0.462. The standard InChI is InChI=1S/C13H20N4O2S.HI/c1-11-3-5-12(6-4-11)20(18,19)17-10-9-16-13-14-7-2-8-15-13;/h3-6,17H,2,7-10H2,1H3,(H2,14,15,16);1H. The summed E-state index contributed by atoms with van der Waals surface area (Å²) in [6, 6.07) is 6.79. The number of nitrogens with one attached hydrogen (secondary N) is 3. The average Bonchev–Trinajstić information content (AvgIpc) is 2.45. The van der Waals surface area contributed by atoms with Crippen molar-refractivity contribution in [3.8, 4) is 0 Å². The number of nitrogens with zero attached hydrogens (tertiary/aromatic N) is 1. The van der Waals surface area contributed by atoms with Crippen LogP contribution in [0.1, 0.15) is 12.0 Å². The molecule has 0 unspecified atom stereocenters. The maximum atomic E-state index is 12.0. The van der Waals surface area contributed by atoms with Crippen LogP contribution in [0.25, 0.3) is 0 Å². The van der Waals surface area contributed by atoms with E-state index in [1.165, 1.54) is 0 Å². The van der Waals surface area contributed by atoms with Gasteiger partial charge >= 0.3 is 0 Å². The second kappa shape index (κ2) is 8.54. The van der Waals surface area contributed by atoms with Crippen LogP contribution in [-0.2, 0) is 10.0 Å². The summed E-state index contributed by atoms with van der Waals surface area (Å²) in [4.78, 5) is 4.54. The number of aryl methyl sites for hydroxylation is 1. The highest BCUT2D eigenvalue weighted by Gasteiger charge is 2.12.